The molecule has 0 fully saturated rings. The zero-order valence-electron chi connectivity index (χ0n) is 10.8. The predicted octanol–water partition coefficient (Wildman–Crippen LogP) is 2.98. The second-order valence-electron chi connectivity index (χ2n) is 4.71. The van der Waals surface area contributed by atoms with E-state index in [0.717, 1.165) is 41.5 Å². The molecule has 0 atom stereocenters. The van der Waals surface area contributed by atoms with Gasteiger partial charge in [0, 0.05) is 6.42 Å². The topological polar surface area (TPSA) is 51.0 Å². The van der Waals surface area contributed by atoms with Crippen molar-refractivity contribution in [1.29, 1.82) is 0 Å². The van der Waals surface area contributed by atoms with Gasteiger partial charge in [0.1, 0.15) is 11.3 Å². The molecule has 0 amide bonds. The van der Waals surface area contributed by atoms with Crippen molar-refractivity contribution in [2.45, 2.75) is 26.7 Å². The number of furan rings is 1. The number of nitrogens with zero attached hydrogens (tertiary/aromatic N) is 2. The molecule has 0 aliphatic carbocycles. The van der Waals surface area contributed by atoms with Crippen LogP contribution in [0.2, 0.25) is 0 Å². The number of aromatic nitrogens is 2. The molecule has 98 valence electrons. The molecule has 0 radical (unpaired) electrons. The van der Waals surface area contributed by atoms with Gasteiger partial charge in [0.05, 0.1) is 11.8 Å². The number of aryl methyl sites for hydroxylation is 1. The van der Waals surface area contributed by atoms with Crippen molar-refractivity contribution in [2.75, 3.05) is 13.1 Å². The lowest BCUT2D eigenvalue weighted by atomic mass is 10.2. The molecule has 0 aliphatic heterocycles. The zero-order valence-corrected chi connectivity index (χ0v) is 11.7. The molecule has 18 heavy (non-hydrogen) atoms. The fourth-order valence-electron chi connectivity index (χ4n) is 1.61. The van der Waals surface area contributed by atoms with Crippen molar-refractivity contribution in [3.8, 4) is 10.6 Å². The Morgan fingerprint density at radius 2 is 2.28 bits per heavy atom. The van der Waals surface area contributed by atoms with E-state index in [2.05, 4.69) is 29.4 Å². The predicted molar refractivity (Wildman–Crippen MR) is 73.6 cm³/mol. The maximum atomic E-state index is 5.04. The Morgan fingerprint density at radius 3 is 3.00 bits per heavy atom. The first-order valence-corrected chi connectivity index (χ1v) is 7.13. The van der Waals surface area contributed by atoms with Crippen LogP contribution in [0.5, 0.6) is 0 Å². The van der Waals surface area contributed by atoms with Crippen LogP contribution in [-0.4, -0.2) is 23.3 Å². The number of hydrogen-bond acceptors (Lipinski definition) is 5. The summed E-state index contributed by atoms with van der Waals surface area (Å²) in [5, 5.41) is 13.8. The fourth-order valence-corrected chi connectivity index (χ4v) is 2.48. The third kappa shape index (κ3) is 3.92. The minimum atomic E-state index is 0.708. The molecule has 2 aromatic rings. The third-order valence-electron chi connectivity index (χ3n) is 2.53. The monoisotopic (exact) mass is 265 g/mol. The van der Waals surface area contributed by atoms with Crippen LogP contribution < -0.4 is 5.32 Å². The van der Waals surface area contributed by atoms with E-state index in [1.54, 1.807) is 23.9 Å². The van der Waals surface area contributed by atoms with Gasteiger partial charge in [-0.25, -0.2) is 0 Å². The van der Waals surface area contributed by atoms with Gasteiger partial charge >= 0.3 is 0 Å². The van der Waals surface area contributed by atoms with Gasteiger partial charge < -0.3 is 9.73 Å². The molecule has 0 saturated heterocycles. The van der Waals surface area contributed by atoms with Gasteiger partial charge in [-0.15, -0.1) is 10.2 Å². The molecular weight excluding hydrogens is 246 g/mol. The van der Waals surface area contributed by atoms with Gasteiger partial charge in [0.25, 0.3) is 0 Å². The Morgan fingerprint density at radius 1 is 1.39 bits per heavy atom. The maximum Gasteiger partial charge on any atom is 0.151 e. The Kier molecular flexibility index (Phi) is 4.90. The van der Waals surface area contributed by atoms with E-state index in [-0.39, 0.29) is 0 Å². The Bertz CT molecular complexity index is 451. The van der Waals surface area contributed by atoms with E-state index in [1.807, 2.05) is 6.07 Å². The highest BCUT2D eigenvalue weighted by Gasteiger charge is 2.07. The standard InChI is InChI=1S/C13H19N3OS/c1-10(2)8-14-6-3-4-12-15-16-13(18-12)11-5-7-17-9-11/h5,7,9-10,14H,3-4,6,8H2,1-2H3. The fraction of sp³-hybridized carbons (Fsp3) is 0.538. The number of rotatable bonds is 7. The summed E-state index contributed by atoms with van der Waals surface area (Å²) in [4.78, 5) is 0. The molecule has 5 heteroatoms. The Balaban J connectivity index is 1.74. The summed E-state index contributed by atoms with van der Waals surface area (Å²) in [7, 11) is 0. The number of hydrogen-bond donors (Lipinski definition) is 1. The molecule has 2 rings (SSSR count). The van der Waals surface area contributed by atoms with E-state index in [0.29, 0.717) is 5.92 Å². The second-order valence-corrected chi connectivity index (χ2v) is 5.78. The summed E-state index contributed by atoms with van der Waals surface area (Å²) in [6.45, 7) is 6.55. The van der Waals surface area contributed by atoms with Gasteiger partial charge in [-0.1, -0.05) is 25.2 Å². The first-order chi connectivity index (χ1) is 8.75. The van der Waals surface area contributed by atoms with Crippen LogP contribution in [-0.2, 0) is 6.42 Å². The molecule has 0 aliphatic rings. The SMILES string of the molecule is CC(C)CNCCCc1nnc(-c2ccoc2)s1. The molecule has 4 nitrogen and oxygen atoms in total. The second kappa shape index (κ2) is 6.66. The molecule has 2 heterocycles. The molecular formula is C13H19N3OS. The lowest BCUT2D eigenvalue weighted by molar-refractivity contribution is 0.542. The van der Waals surface area contributed by atoms with Crippen LogP contribution in [0.25, 0.3) is 10.6 Å². The van der Waals surface area contributed by atoms with E-state index >= 15 is 0 Å². The van der Waals surface area contributed by atoms with E-state index in [4.69, 9.17) is 4.42 Å². The Labute approximate surface area is 111 Å². The molecule has 0 aromatic carbocycles. The minimum absolute atomic E-state index is 0.708. The largest absolute Gasteiger partial charge is 0.472 e. The smallest absolute Gasteiger partial charge is 0.151 e. The van der Waals surface area contributed by atoms with Crippen molar-refractivity contribution in [1.82, 2.24) is 15.5 Å². The highest BCUT2D eigenvalue weighted by molar-refractivity contribution is 7.14. The van der Waals surface area contributed by atoms with Crippen LogP contribution >= 0.6 is 11.3 Å². The highest BCUT2D eigenvalue weighted by atomic mass is 32.1. The lowest BCUT2D eigenvalue weighted by Gasteiger charge is -2.05. The van der Waals surface area contributed by atoms with Gasteiger partial charge in [-0.05, 0) is 31.5 Å². The van der Waals surface area contributed by atoms with Gasteiger partial charge in [-0.2, -0.15) is 0 Å². The zero-order chi connectivity index (χ0) is 12.8. The van der Waals surface area contributed by atoms with Gasteiger partial charge in [0.2, 0.25) is 0 Å². The first-order valence-electron chi connectivity index (χ1n) is 6.31. The van der Waals surface area contributed by atoms with E-state index in [1.165, 1.54) is 0 Å². The lowest BCUT2D eigenvalue weighted by Crippen LogP contribution is -2.21. The third-order valence-corrected chi connectivity index (χ3v) is 3.56. The van der Waals surface area contributed by atoms with Gasteiger partial charge in [0.15, 0.2) is 5.01 Å². The molecule has 0 unspecified atom stereocenters. The van der Waals surface area contributed by atoms with Crippen molar-refractivity contribution in [3.63, 3.8) is 0 Å². The maximum absolute atomic E-state index is 5.04. The quantitative estimate of drug-likeness (QED) is 0.782. The van der Waals surface area contributed by atoms with Crippen molar-refractivity contribution >= 4 is 11.3 Å². The Hall–Kier alpha value is -1.20. The van der Waals surface area contributed by atoms with Crippen molar-refractivity contribution < 1.29 is 4.42 Å². The first kappa shape index (κ1) is 13.2. The average Bonchev–Trinajstić information content (AvgIpc) is 2.98. The molecule has 0 spiro atoms. The van der Waals surface area contributed by atoms with Crippen LogP contribution in [0.15, 0.2) is 23.0 Å². The van der Waals surface area contributed by atoms with Crippen molar-refractivity contribution in [3.05, 3.63) is 23.6 Å². The summed E-state index contributed by atoms with van der Waals surface area (Å²) in [5.74, 6) is 0.708. The van der Waals surface area contributed by atoms with E-state index in [9.17, 15) is 0 Å². The number of nitrogens with one attached hydrogen (secondary N) is 1. The normalized spacial score (nSPS) is 11.3. The molecule has 0 bridgehead atoms. The summed E-state index contributed by atoms with van der Waals surface area (Å²) >= 11 is 1.64. The van der Waals surface area contributed by atoms with E-state index < -0.39 is 0 Å². The molecule has 1 N–H and O–H groups in total. The molecule has 0 saturated carbocycles. The summed E-state index contributed by atoms with van der Waals surface area (Å²) in [6, 6.07) is 1.91. The summed E-state index contributed by atoms with van der Waals surface area (Å²) < 4.78 is 5.04. The molecule has 2 aromatic heterocycles. The average molecular weight is 265 g/mol. The van der Waals surface area contributed by atoms with Crippen LogP contribution in [0.1, 0.15) is 25.3 Å². The highest BCUT2D eigenvalue weighted by Crippen LogP contribution is 2.24. The minimum Gasteiger partial charge on any atom is -0.472 e. The van der Waals surface area contributed by atoms with Gasteiger partial charge in [-0.3, -0.25) is 0 Å². The van der Waals surface area contributed by atoms with Crippen LogP contribution in [0, 0.1) is 5.92 Å². The summed E-state index contributed by atoms with van der Waals surface area (Å²) in [6.07, 6.45) is 5.45. The van der Waals surface area contributed by atoms with Crippen LogP contribution in [0.4, 0.5) is 0 Å². The summed E-state index contributed by atoms with van der Waals surface area (Å²) in [5.41, 5.74) is 1.01. The van der Waals surface area contributed by atoms with Crippen molar-refractivity contribution in [2.24, 2.45) is 5.92 Å². The van der Waals surface area contributed by atoms with Crippen LogP contribution in [0.3, 0.4) is 0 Å².